The summed E-state index contributed by atoms with van der Waals surface area (Å²) in [6, 6.07) is 18.3. The third-order valence-electron chi connectivity index (χ3n) is 2.81. The predicted molar refractivity (Wildman–Crippen MR) is 88.2 cm³/mol. The Labute approximate surface area is 125 Å². The van der Waals surface area contributed by atoms with Gasteiger partial charge in [-0.3, -0.25) is 4.21 Å². The maximum absolute atomic E-state index is 12.2. The van der Waals surface area contributed by atoms with Gasteiger partial charge in [0.2, 0.25) is 0 Å². The van der Waals surface area contributed by atoms with E-state index in [1.807, 2.05) is 42.5 Å². The molecule has 0 amide bonds. The normalized spacial score (nSPS) is 14.0. The van der Waals surface area contributed by atoms with Crippen LogP contribution >= 0.6 is 21.6 Å². The molecule has 0 N–H and O–H groups in total. The molecule has 0 aromatic heterocycles. The van der Waals surface area contributed by atoms with Crippen molar-refractivity contribution < 1.29 is 4.21 Å². The van der Waals surface area contributed by atoms with Gasteiger partial charge in [-0.25, -0.2) is 0 Å². The second-order valence-electron chi connectivity index (χ2n) is 4.08. The molecule has 0 aliphatic carbocycles. The van der Waals surface area contributed by atoms with Crippen molar-refractivity contribution in [1.82, 2.24) is 0 Å². The van der Waals surface area contributed by atoms with Crippen molar-refractivity contribution in [3.8, 4) is 0 Å². The monoisotopic (exact) mass is 308 g/mol. The van der Waals surface area contributed by atoms with Gasteiger partial charge in [0.15, 0.2) is 0 Å². The first-order valence-corrected chi connectivity index (χ1v) is 10.1. The van der Waals surface area contributed by atoms with Gasteiger partial charge in [-0.15, -0.1) is 0 Å². The van der Waals surface area contributed by atoms with Crippen LogP contribution in [0.4, 0.5) is 0 Å². The van der Waals surface area contributed by atoms with Crippen molar-refractivity contribution in [3.63, 3.8) is 0 Å². The molecule has 2 atom stereocenters. The number of rotatable bonds is 5. The summed E-state index contributed by atoms with van der Waals surface area (Å²) in [5.41, 5.74) is 2.26. The highest BCUT2D eigenvalue weighted by atomic mass is 33.1. The van der Waals surface area contributed by atoms with Crippen LogP contribution in [-0.4, -0.2) is 16.7 Å². The summed E-state index contributed by atoms with van der Waals surface area (Å²) in [6.07, 6.45) is 3.83. The lowest BCUT2D eigenvalue weighted by Crippen LogP contribution is -2.08. The van der Waals surface area contributed by atoms with Gasteiger partial charge in [-0.1, -0.05) is 70.1 Å². The molecule has 0 heterocycles. The molecule has 0 spiro atoms. The number of benzene rings is 2. The lowest BCUT2D eigenvalue weighted by Gasteiger charge is -2.18. The minimum absolute atomic E-state index is 0.0583. The van der Waals surface area contributed by atoms with E-state index in [1.165, 1.54) is 4.90 Å². The first-order valence-electron chi connectivity index (χ1n) is 5.91. The molecule has 2 unspecified atom stereocenters. The fourth-order valence-electron chi connectivity index (χ4n) is 2.04. The summed E-state index contributed by atoms with van der Waals surface area (Å²) < 4.78 is 12.2. The van der Waals surface area contributed by atoms with Crippen LogP contribution in [0.25, 0.3) is 0 Å². The fraction of sp³-hybridized carbons (Fsp3) is 0.200. The Morgan fingerprint density at radius 1 is 1.00 bits per heavy atom. The topological polar surface area (TPSA) is 17.1 Å². The summed E-state index contributed by atoms with van der Waals surface area (Å²) >= 11 is 0. The number of hydrogen-bond donors (Lipinski definition) is 0. The van der Waals surface area contributed by atoms with E-state index in [2.05, 4.69) is 18.4 Å². The van der Waals surface area contributed by atoms with Crippen LogP contribution < -0.4 is 0 Å². The molecular weight excluding hydrogens is 292 g/mol. The van der Waals surface area contributed by atoms with Crippen molar-refractivity contribution >= 4 is 32.4 Å². The van der Waals surface area contributed by atoms with Gasteiger partial charge in [0.05, 0.1) is 5.25 Å². The Bertz CT molecular complexity index is 554. The van der Waals surface area contributed by atoms with Crippen molar-refractivity contribution in [2.75, 3.05) is 12.5 Å². The Kier molecular flexibility index (Phi) is 5.55. The summed E-state index contributed by atoms with van der Waals surface area (Å²) in [7, 11) is 2.49. The van der Waals surface area contributed by atoms with Crippen LogP contribution in [0.2, 0.25) is 0 Å². The Balaban J connectivity index is 2.49. The van der Waals surface area contributed by atoms with Gasteiger partial charge < -0.3 is 0 Å². The maximum atomic E-state index is 12.2. The Morgan fingerprint density at radius 2 is 1.63 bits per heavy atom. The summed E-state index contributed by atoms with van der Waals surface area (Å²) in [4.78, 5) is 1.19. The predicted octanol–water partition coefficient (Wildman–Crippen LogP) is 4.52. The maximum Gasteiger partial charge on any atom is 0.0855 e. The molecule has 0 fully saturated rings. The van der Waals surface area contributed by atoms with E-state index >= 15 is 0 Å². The van der Waals surface area contributed by atoms with Crippen LogP contribution in [0.1, 0.15) is 16.4 Å². The molecule has 2 aromatic rings. The van der Waals surface area contributed by atoms with Gasteiger partial charge >= 0.3 is 0 Å². The molecule has 0 saturated carbocycles. The SMILES string of the molecule is CSSc1ccccc1C(c1ccccc1)S(C)=O. The minimum Gasteiger partial charge on any atom is -0.259 e. The molecule has 0 aliphatic heterocycles. The zero-order valence-electron chi connectivity index (χ0n) is 10.9. The van der Waals surface area contributed by atoms with E-state index < -0.39 is 10.8 Å². The molecule has 2 aromatic carbocycles. The molecule has 0 radical (unpaired) electrons. The molecule has 1 nitrogen and oxygen atoms in total. The zero-order chi connectivity index (χ0) is 13.7. The van der Waals surface area contributed by atoms with Gasteiger partial charge in [0, 0.05) is 22.0 Å². The molecule has 0 bridgehead atoms. The van der Waals surface area contributed by atoms with E-state index in [0.717, 1.165) is 11.1 Å². The highest BCUT2D eigenvalue weighted by Crippen LogP contribution is 2.38. The standard InChI is InChI=1S/C15H16OS3/c1-17-18-14-11-7-6-10-13(14)15(19(2)16)12-8-4-3-5-9-12/h3-11,15H,1-2H3. The van der Waals surface area contributed by atoms with Crippen molar-refractivity contribution in [3.05, 3.63) is 65.7 Å². The highest BCUT2D eigenvalue weighted by molar-refractivity contribution is 8.76. The van der Waals surface area contributed by atoms with E-state index in [9.17, 15) is 4.21 Å². The molecule has 100 valence electrons. The quantitative estimate of drug-likeness (QED) is 0.756. The van der Waals surface area contributed by atoms with Gasteiger partial charge in [0.1, 0.15) is 0 Å². The van der Waals surface area contributed by atoms with Crippen LogP contribution in [-0.2, 0) is 10.8 Å². The van der Waals surface area contributed by atoms with Crippen LogP contribution in [0.3, 0.4) is 0 Å². The summed E-state index contributed by atoms with van der Waals surface area (Å²) in [6.45, 7) is 0. The molecule has 19 heavy (non-hydrogen) atoms. The summed E-state index contributed by atoms with van der Waals surface area (Å²) in [5.74, 6) is 0. The lowest BCUT2D eigenvalue weighted by molar-refractivity contribution is 0.681. The first-order chi connectivity index (χ1) is 9.24. The molecule has 4 heteroatoms. The fourth-order valence-corrected chi connectivity index (χ4v) is 4.81. The highest BCUT2D eigenvalue weighted by Gasteiger charge is 2.20. The number of hydrogen-bond acceptors (Lipinski definition) is 3. The Morgan fingerprint density at radius 3 is 2.26 bits per heavy atom. The van der Waals surface area contributed by atoms with Crippen molar-refractivity contribution in [1.29, 1.82) is 0 Å². The third kappa shape index (κ3) is 3.65. The van der Waals surface area contributed by atoms with Gasteiger partial charge in [-0.05, 0) is 23.4 Å². The van der Waals surface area contributed by atoms with Crippen LogP contribution in [0.15, 0.2) is 59.5 Å². The second-order valence-corrected chi connectivity index (χ2v) is 7.99. The van der Waals surface area contributed by atoms with E-state index in [-0.39, 0.29) is 5.25 Å². The van der Waals surface area contributed by atoms with E-state index in [4.69, 9.17) is 0 Å². The van der Waals surface area contributed by atoms with Crippen LogP contribution in [0, 0.1) is 0 Å². The first kappa shape index (κ1) is 14.7. The van der Waals surface area contributed by atoms with E-state index in [0.29, 0.717) is 0 Å². The second kappa shape index (κ2) is 7.17. The Hall–Kier alpha value is -0.710. The molecule has 2 rings (SSSR count). The molecule has 0 saturated heterocycles. The minimum atomic E-state index is -0.942. The molecular formula is C15H16OS3. The third-order valence-corrected chi connectivity index (χ3v) is 5.76. The van der Waals surface area contributed by atoms with Crippen molar-refractivity contribution in [2.24, 2.45) is 0 Å². The smallest absolute Gasteiger partial charge is 0.0855 e. The summed E-state index contributed by atoms with van der Waals surface area (Å²) in [5, 5.41) is -0.0583. The average molecular weight is 308 g/mol. The zero-order valence-corrected chi connectivity index (χ0v) is 13.4. The average Bonchev–Trinajstić information content (AvgIpc) is 2.42. The van der Waals surface area contributed by atoms with Gasteiger partial charge in [-0.2, -0.15) is 0 Å². The van der Waals surface area contributed by atoms with Gasteiger partial charge in [0.25, 0.3) is 0 Å². The van der Waals surface area contributed by atoms with Crippen molar-refractivity contribution in [2.45, 2.75) is 10.1 Å². The van der Waals surface area contributed by atoms with E-state index in [1.54, 1.807) is 27.8 Å². The molecule has 0 aliphatic rings. The largest absolute Gasteiger partial charge is 0.259 e. The van der Waals surface area contributed by atoms with Crippen LogP contribution in [0.5, 0.6) is 0 Å². The lowest BCUT2D eigenvalue weighted by atomic mass is 10.0.